The highest BCUT2D eigenvalue weighted by Gasteiger charge is 2.57. The first-order valence-corrected chi connectivity index (χ1v) is 20.9. The molecular weight excluding hydrogens is 767 g/mol. The Morgan fingerprint density at radius 2 is 1.68 bits per heavy atom. The molecule has 0 radical (unpaired) electrons. The fourth-order valence-corrected chi connectivity index (χ4v) is 10.5. The number of β-lactam (4-membered cyclic amide) rings is 1. The SMILES string of the molecule is CCON=C(C(=O)N[C@@H]1C(=O)N2CC(C=CC3=CSC4=CN(C)CN34)(C(=O)O)CS[C@H]12)c1csc(NC(c2ccccc2)(c2ccccc2)c2ccccc2)n1. The molecule has 2 fully saturated rings. The summed E-state index contributed by atoms with van der Waals surface area (Å²) >= 11 is 4.26. The van der Waals surface area contributed by atoms with Crippen molar-refractivity contribution < 1.29 is 24.3 Å². The topological polar surface area (TPSA) is 140 Å². The predicted molar refractivity (Wildman–Crippen MR) is 220 cm³/mol. The van der Waals surface area contributed by atoms with Gasteiger partial charge >= 0.3 is 5.97 Å². The average Bonchev–Trinajstić information content (AvgIpc) is 3.95. The van der Waals surface area contributed by atoms with Crippen LogP contribution >= 0.6 is 34.9 Å². The lowest BCUT2D eigenvalue weighted by atomic mass is 9.77. The summed E-state index contributed by atoms with van der Waals surface area (Å²) < 4.78 is 0. The maximum atomic E-state index is 13.9. The molecule has 12 nitrogen and oxygen atoms in total. The third kappa shape index (κ3) is 6.84. The quantitative estimate of drug-likeness (QED) is 0.0644. The minimum absolute atomic E-state index is 0.00226. The predicted octanol–water partition coefficient (Wildman–Crippen LogP) is 5.91. The Morgan fingerprint density at radius 1 is 1.04 bits per heavy atom. The van der Waals surface area contributed by atoms with Gasteiger partial charge in [-0.2, -0.15) is 0 Å². The van der Waals surface area contributed by atoms with Gasteiger partial charge in [0.1, 0.15) is 34.7 Å². The molecular formula is C41H39N7O5S3. The maximum absolute atomic E-state index is 13.9. The number of hydrogen-bond donors (Lipinski definition) is 3. The summed E-state index contributed by atoms with van der Waals surface area (Å²) in [6, 6.07) is 29.5. The van der Waals surface area contributed by atoms with E-state index in [2.05, 4.69) is 62.0 Å². The fourth-order valence-electron chi connectivity index (χ4n) is 7.27. The van der Waals surface area contributed by atoms with Gasteiger partial charge in [-0.25, -0.2) is 4.98 Å². The van der Waals surface area contributed by atoms with E-state index >= 15 is 0 Å². The summed E-state index contributed by atoms with van der Waals surface area (Å²) in [5, 5.41) is 26.1. The molecule has 56 heavy (non-hydrogen) atoms. The van der Waals surface area contributed by atoms with E-state index in [1.165, 1.54) is 28.0 Å². The number of aliphatic carboxylic acids is 1. The Balaban J connectivity index is 1.01. The van der Waals surface area contributed by atoms with Crippen molar-refractivity contribution in [1.82, 2.24) is 25.0 Å². The van der Waals surface area contributed by atoms with Crippen LogP contribution in [0.15, 0.2) is 136 Å². The highest BCUT2D eigenvalue weighted by molar-refractivity contribution is 8.06. The van der Waals surface area contributed by atoms with Crippen molar-refractivity contribution in [2.75, 3.05) is 37.9 Å². The van der Waals surface area contributed by atoms with E-state index < -0.39 is 34.2 Å². The van der Waals surface area contributed by atoms with Crippen LogP contribution in [0.3, 0.4) is 0 Å². The van der Waals surface area contributed by atoms with Gasteiger partial charge in [-0.15, -0.1) is 23.1 Å². The van der Waals surface area contributed by atoms with Crippen LogP contribution in [0.4, 0.5) is 5.13 Å². The molecule has 1 aromatic heterocycles. The van der Waals surface area contributed by atoms with E-state index in [4.69, 9.17) is 9.82 Å². The third-order valence-corrected chi connectivity index (χ3v) is 13.4. The van der Waals surface area contributed by atoms with Crippen molar-refractivity contribution in [3.8, 4) is 0 Å². The second-order valence-electron chi connectivity index (χ2n) is 13.7. The number of carbonyl (C=O) groups excluding carboxylic acids is 2. The molecule has 3 atom stereocenters. The molecule has 0 bridgehead atoms. The number of thiazole rings is 1. The fraction of sp³-hybridized carbons (Fsp3) is 0.244. The molecule has 4 aliphatic heterocycles. The lowest BCUT2D eigenvalue weighted by Gasteiger charge is -2.53. The van der Waals surface area contributed by atoms with Gasteiger partial charge in [-0.05, 0) is 29.7 Å². The number of benzene rings is 3. The number of nitrogens with one attached hydrogen (secondary N) is 2. The van der Waals surface area contributed by atoms with Crippen LogP contribution in [0, 0.1) is 5.41 Å². The van der Waals surface area contributed by atoms with Crippen molar-refractivity contribution in [1.29, 1.82) is 0 Å². The van der Waals surface area contributed by atoms with Gasteiger partial charge in [0.15, 0.2) is 10.8 Å². The molecule has 1 unspecified atom stereocenters. The molecule has 2 amide bonds. The zero-order chi connectivity index (χ0) is 38.9. The van der Waals surface area contributed by atoms with Gasteiger partial charge in [0, 0.05) is 42.0 Å². The van der Waals surface area contributed by atoms with Crippen molar-refractivity contribution in [2.45, 2.75) is 23.9 Å². The Labute approximate surface area is 337 Å². The van der Waals surface area contributed by atoms with Gasteiger partial charge < -0.3 is 35.3 Å². The van der Waals surface area contributed by atoms with Gasteiger partial charge in [0.2, 0.25) is 5.91 Å². The molecule has 3 aromatic carbocycles. The first-order valence-electron chi connectivity index (χ1n) is 18.0. The van der Waals surface area contributed by atoms with Crippen molar-refractivity contribution >= 4 is 63.5 Å². The number of nitrogens with zero attached hydrogens (tertiary/aromatic N) is 5. The number of oxime groups is 1. The standard InChI is InChI=1S/C41H39N7O5S3/c1-3-53-45-33(31-23-55-39(42-31)44-41(27-13-7-4-8-14-27,28-15-9-5-10-16-28)29-17-11-6-12-18-29)35(49)43-34-36(50)47-24-40(38(51)52,25-56-37(34)47)20-19-30-22-54-32-21-46(2)26-48(30)32/h4-23,34,37H,3,24-26H2,1-2H3,(H,42,44)(H,43,49)(H,51,52)/t34-,37-,40?/m1/s1. The Bertz CT molecular complexity index is 2150. The first-order chi connectivity index (χ1) is 27.2. The number of amides is 2. The summed E-state index contributed by atoms with van der Waals surface area (Å²) in [6.07, 6.45) is 5.59. The Hall–Kier alpha value is -5.51. The molecule has 0 spiro atoms. The van der Waals surface area contributed by atoms with E-state index in [0.29, 0.717) is 11.8 Å². The zero-order valence-corrected chi connectivity index (χ0v) is 33.0. The van der Waals surface area contributed by atoms with Crippen LogP contribution in [0.1, 0.15) is 29.3 Å². The highest BCUT2D eigenvalue weighted by Crippen LogP contribution is 2.45. The van der Waals surface area contributed by atoms with E-state index in [1.807, 2.05) is 79.3 Å². The lowest BCUT2D eigenvalue weighted by molar-refractivity contribution is -0.156. The second kappa shape index (κ2) is 15.6. The second-order valence-corrected chi connectivity index (χ2v) is 16.6. The highest BCUT2D eigenvalue weighted by atomic mass is 32.2. The summed E-state index contributed by atoms with van der Waals surface area (Å²) in [5.74, 6) is -1.74. The van der Waals surface area contributed by atoms with Gasteiger partial charge in [0.25, 0.3) is 5.91 Å². The Kier molecular flexibility index (Phi) is 10.4. The number of allylic oxidation sites excluding steroid dienone is 1. The van der Waals surface area contributed by atoms with Crippen LogP contribution < -0.4 is 10.6 Å². The van der Waals surface area contributed by atoms with Crippen LogP contribution in [-0.2, 0) is 24.8 Å². The lowest BCUT2D eigenvalue weighted by Crippen LogP contribution is -2.73. The van der Waals surface area contributed by atoms with E-state index in [0.717, 1.165) is 27.4 Å². The average molecular weight is 806 g/mol. The number of rotatable bonds is 13. The summed E-state index contributed by atoms with van der Waals surface area (Å²) in [7, 11) is 1.99. The minimum atomic E-state index is -1.28. The normalized spacial score (nSPS) is 21.9. The summed E-state index contributed by atoms with van der Waals surface area (Å²) in [6.45, 7) is 2.66. The molecule has 3 N–H and O–H groups in total. The van der Waals surface area contributed by atoms with Crippen LogP contribution in [0.25, 0.3) is 0 Å². The largest absolute Gasteiger partial charge is 0.481 e. The minimum Gasteiger partial charge on any atom is -0.481 e. The molecule has 2 saturated heterocycles. The number of carboxylic acid groups (broad SMARTS) is 1. The molecule has 5 heterocycles. The number of thioether (sulfide) groups is 2. The van der Waals surface area contributed by atoms with E-state index in [-0.39, 0.29) is 36.2 Å². The number of hydrogen-bond acceptors (Lipinski definition) is 12. The van der Waals surface area contributed by atoms with Gasteiger partial charge in [-0.3, -0.25) is 14.4 Å². The van der Waals surface area contributed by atoms with Crippen LogP contribution in [0.5, 0.6) is 0 Å². The van der Waals surface area contributed by atoms with E-state index in [9.17, 15) is 19.5 Å². The van der Waals surface area contributed by atoms with Crippen molar-refractivity contribution in [3.05, 3.63) is 153 Å². The van der Waals surface area contributed by atoms with Crippen molar-refractivity contribution in [2.24, 2.45) is 10.6 Å². The van der Waals surface area contributed by atoms with Crippen LogP contribution in [-0.4, -0.2) is 92.3 Å². The molecule has 0 aliphatic carbocycles. The summed E-state index contributed by atoms with van der Waals surface area (Å²) in [4.78, 5) is 56.2. The van der Waals surface area contributed by atoms with Gasteiger partial charge in [-0.1, -0.05) is 114 Å². The first kappa shape index (κ1) is 37.4. The Morgan fingerprint density at radius 3 is 2.29 bits per heavy atom. The molecule has 4 aliphatic rings. The number of aromatic nitrogens is 1. The number of fused-ring (bicyclic) bond motifs is 2. The molecule has 15 heteroatoms. The third-order valence-electron chi connectivity index (χ3n) is 10.1. The number of anilines is 1. The summed E-state index contributed by atoms with van der Waals surface area (Å²) in [5.41, 5.74) is 1.99. The monoisotopic (exact) mass is 805 g/mol. The van der Waals surface area contributed by atoms with E-state index in [1.54, 1.807) is 30.1 Å². The smallest absolute Gasteiger partial charge is 0.316 e. The maximum Gasteiger partial charge on any atom is 0.316 e. The molecule has 4 aromatic rings. The molecule has 0 saturated carbocycles. The van der Waals surface area contributed by atoms with Gasteiger partial charge in [0.05, 0.1) is 11.7 Å². The number of carbonyl (C=O) groups is 3. The van der Waals surface area contributed by atoms with Crippen molar-refractivity contribution in [3.63, 3.8) is 0 Å². The van der Waals surface area contributed by atoms with Crippen LogP contribution in [0.2, 0.25) is 0 Å². The zero-order valence-electron chi connectivity index (χ0n) is 30.6. The molecule has 286 valence electrons. The number of carboxylic acids is 1. The molecule has 8 rings (SSSR count).